The number of nitrogens with zero attached hydrogens (tertiary/aromatic N) is 2. The van der Waals surface area contributed by atoms with Crippen LogP contribution in [0.15, 0.2) is 44.9 Å². The fraction of sp³-hybridized carbons (Fsp3) is 0.154. The summed E-state index contributed by atoms with van der Waals surface area (Å²) < 4.78 is 2.58. The number of benzene rings is 1. The lowest BCUT2D eigenvalue weighted by molar-refractivity contribution is -0.133. The van der Waals surface area contributed by atoms with Crippen LogP contribution in [-0.2, 0) is 4.79 Å². The minimum absolute atomic E-state index is 0.153. The molecule has 0 spiro atoms. The molecule has 1 aromatic heterocycles. The van der Waals surface area contributed by atoms with E-state index in [-0.39, 0.29) is 5.75 Å². The number of hydrogen-bond donors (Lipinski definition) is 1. The third kappa shape index (κ3) is 3.29. The summed E-state index contributed by atoms with van der Waals surface area (Å²) in [5.41, 5.74) is 1.46. The second kappa shape index (κ2) is 6.23. The molecule has 20 heavy (non-hydrogen) atoms. The Hall–Kier alpha value is -1.60. The standard InChI is InChI=1S/C13H11BrN2O3S/c1-8-3-2-4-9(12(8)14)16-6-5-10(17)15-13(16)20-7-11(18)19/h2-6H,7H2,1H3,(H,18,19). The topological polar surface area (TPSA) is 72.2 Å². The third-order valence-corrected chi connectivity index (χ3v) is 4.50. The first-order valence-electron chi connectivity index (χ1n) is 5.69. The predicted octanol–water partition coefficient (Wildman–Crippen LogP) is 2.48. The number of rotatable bonds is 4. The number of hydrogen-bond acceptors (Lipinski definition) is 4. The van der Waals surface area contributed by atoms with Gasteiger partial charge in [0.15, 0.2) is 5.16 Å². The molecule has 0 unspecified atom stereocenters. The van der Waals surface area contributed by atoms with Crippen molar-refractivity contribution in [3.63, 3.8) is 0 Å². The summed E-state index contributed by atoms with van der Waals surface area (Å²) in [6, 6.07) is 7.06. The van der Waals surface area contributed by atoms with Crippen molar-refractivity contribution in [2.75, 3.05) is 5.75 Å². The van der Waals surface area contributed by atoms with Crippen LogP contribution in [0.1, 0.15) is 5.56 Å². The lowest BCUT2D eigenvalue weighted by Crippen LogP contribution is -2.13. The van der Waals surface area contributed by atoms with Crippen molar-refractivity contribution in [1.29, 1.82) is 0 Å². The Balaban J connectivity index is 2.53. The highest BCUT2D eigenvalue weighted by molar-refractivity contribution is 9.10. The van der Waals surface area contributed by atoms with Gasteiger partial charge in [0.2, 0.25) is 0 Å². The van der Waals surface area contributed by atoms with Gasteiger partial charge in [-0.25, -0.2) is 0 Å². The summed E-state index contributed by atoms with van der Waals surface area (Å²) in [6.45, 7) is 1.95. The molecular weight excluding hydrogens is 344 g/mol. The second-order valence-corrected chi connectivity index (χ2v) is 5.74. The fourth-order valence-electron chi connectivity index (χ4n) is 1.62. The summed E-state index contributed by atoms with van der Waals surface area (Å²) in [7, 11) is 0. The van der Waals surface area contributed by atoms with Crippen LogP contribution in [0, 0.1) is 6.92 Å². The first kappa shape index (κ1) is 14.8. The van der Waals surface area contributed by atoms with E-state index in [9.17, 15) is 9.59 Å². The van der Waals surface area contributed by atoms with E-state index in [0.717, 1.165) is 27.5 Å². The second-order valence-electron chi connectivity index (χ2n) is 4.01. The van der Waals surface area contributed by atoms with E-state index in [2.05, 4.69) is 20.9 Å². The quantitative estimate of drug-likeness (QED) is 0.674. The minimum Gasteiger partial charge on any atom is -0.481 e. The molecule has 0 aliphatic heterocycles. The van der Waals surface area contributed by atoms with E-state index in [1.807, 2.05) is 25.1 Å². The van der Waals surface area contributed by atoms with Gasteiger partial charge in [-0.15, -0.1) is 0 Å². The van der Waals surface area contributed by atoms with Gasteiger partial charge in [0.05, 0.1) is 11.4 Å². The first-order valence-corrected chi connectivity index (χ1v) is 7.46. The van der Waals surface area contributed by atoms with Crippen LogP contribution in [-0.4, -0.2) is 26.4 Å². The van der Waals surface area contributed by atoms with E-state index >= 15 is 0 Å². The molecule has 0 aliphatic carbocycles. The highest BCUT2D eigenvalue weighted by atomic mass is 79.9. The summed E-state index contributed by atoms with van der Waals surface area (Å²) >= 11 is 4.51. The Morgan fingerprint density at radius 2 is 2.20 bits per heavy atom. The van der Waals surface area contributed by atoms with Gasteiger partial charge in [0.1, 0.15) is 0 Å². The van der Waals surface area contributed by atoms with E-state index in [4.69, 9.17) is 5.11 Å². The molecule has 1 heterocycles. The summed E-state index contributed by atoms with van der Waals surface area (Å²) in [6.07, 6.45) is 1.60. The Kier molecular flexibility index (Phi) is 4.61. The molecule has 7 heteroatoms. The van der Waals surface area contributed by atoms with Gasteiger partial charge in [0.25, 0.3) is 5.56 Å². The molecule has 0 bridgehead atoms. The normalized spacial score (nSPS) is 10.5. The maximum Gasteiger partial charge on any atom is 0.313 e. The van der Waals surface area contributed by atoms with Gasteiger partial charge < -0.3 is 5.11 Å². The van der Waals surface area contributed by atoms with Crippen LogP contribution < -0.4 is 5.56 Å². The lowest BCUT2D eigenvalue weighted by Gasteiger charge is -2.13. The molecule has 1 aromatic carbocycles. The van der Waals surface area contributed by atoms with E-state index < -0.39 is 11.5 Å². The van der Waals surface area contributed by atoms with Crippen molar-refractivity contribution in [3.8, 4) is 5.69 Å². The van der Waals surface area contributed by atoms with Crippen molar-refractivity contribution in [2.24, 2.45) is 0 Å². The smallest absolute Gasteiger partial charge is 0.313 e. The van der Waals surface area contributed by atoms with Gasteiger partial charge in [-0.2, -0.15) is 4.98 Å². The summed E-state index contributed by atoms with van der Waals surface area (Å²) in [5, 5.41) is 9.11. The highest BCUT2D eigenvalue weighted by Gasteiger charge is 2.11. The number of aliphatic carboxylic acids is 1. The zero-order chi connectivity index (χ0) is 14.7. The Labute approximate surface area is 127 Å². The average Bonchev–Trinajstić information content (AvgIpc) is 2.40. The van der Waals surface area contributed by atoms with Crippen LogP contribution in [0.4, 0.5) is 0 Å². The number of carboxylic acid groups (broad SMARTS) is 1. The van der Waals surface area contributed by atoms with Crippen molar-refractivity contribution in [2.45, 2.75) is 12.1 Å². The molecule has 2 aromatic rings. The van der Waals surface area contributed by atoms with E-state index in [1.54, 1.807) is 10.8 Å². The average molecular weight is 355 g/mol. The SMILES string of the molecule is Cc1cccc(-n2ccc(=O)nc2SCC(=O)O)c1Br. The molecule has 0 saturated heterocycles. The fourth-order valence-corrected chi connectivity index (χ4v) is 2.78. The Bertz CT molecular complexity index is 715. The molecule has 0 atom stereocenters. The summed E-state index contributed by atoms with van der Waals surface area (Å²) in [4.78, 5) is 25.9. The minimum atomic E-state index is -0.956. The molecule has 2 rings (SSSR count). The maximum absolute atomic E-state index is 11.4. The van der Waals surface area contributed by atoms with Crippen LogP contribution in [0.25, 0.3) is 5.69 Å². The Morgan fingerprint density at radius 1 is 1.45 bits per heavy atom. The summed E-state index contributed by atoms with van der Waals surface area (Å²) in [5.74, 6) is -1.11. The van der Waals surface area contributed by atoms with Crippen molar-refractivity contribution >= 4 is 33.7 Å². The molecule has 0 aliphatic rings. The molecule has 5 nitrogen and oxygen atoms in total. The molecular formula is C13H11BrN2O3S. The van der Waals surface area contributed by atoms with Crippen molar-refractivity contribution in [3.05, 3.63) is 50.9 Å². The number of thioether (sulfide) groups is 1. The molecule has 1 N–H and O–H groups in total. The molecule has 0 fully saturated rings. The van der Waals surface area contributed by atoms with Crippen LogP contribution in [0.2, 0.25) is 0 Å². The Morgan fingerprint density at radius 3 is 2.90 bits per heavy atom. The van der Waals surface area contributed by atoms with Crippen LogP contribution in [0.3, 0.4) is 0 Å². The molecule has 104 valence electrons. The number of carboxylic acids is 1. The van der Waals surface area contributed by atoms with Gasteiger partial charge in [-0.3, -0.25) is 14.2 Å². The number of aryl methyl sites for hydroxylation is 1. The number of aromatic nitrogens is 2. The zero-order valence-corrected chi connectivity index (χ0v) is 12.9. The van der Waals surface area contributed by atoms with Crippen molar-refractivity contribution in [1.82, 2.24) is 9.55 Å². The first-order chi connectivity index (χ1) is 9.49. The monoisotopic (exact) mass is 354 g/mol. The zero-order valence-electron chi connectivity index (χ0n) is 10.5. The molecule has 0 radical (unpaired) electrons. The highest BCUT2D eigenvalue weighted by Crippen LogP contribution is 2.27. The lowest BCUT2D eigenvalue weighted by atomic mass is 10.2. The number of carbonyl (C=O) groups is 1. The van der Waals surface area contributed by atoms with Gasteiger partial charge in [-0.05, 0) is 34.5 Å². The largest absolute Gasteiger partial charge is 0.481 e. The van der Waals surface area contributed by atoms with Crippen LogP contribution >= 0.6 is 27.7 Å². The van der Waals surface area contributed by atoms with Gasteiger partial charge >= 0.3 is 5.97 Å². The predicted molar refractivity (Wildman–Crippen MR) is 80.6 cm³/mol. The third-order valence-electron chi connectivity index (χ3n) is 2.53. The van der Waals surface area contributed by atoms with E-state index in [1.165, 1.54) is 6.07 Å². The number of halogens is 1. The maximum atomic E-state index is 11.4. The molecule has 0 amide bonds. The van der Waals surface area contributed by atoms with E-state index in [0.29, 0.717) is 5.16 Å². The molecule has 0 saturated carbocycles. The van der Waals surface area contributed by atoms with Gasteiger partial charge in [-0.1, -0.05) is 23.9 Å². The van der Waals surface area contributed by atoms with Crippen LogP contribution in [0.5, 0.6) is 0 Å². The van der Waals surface area contributed by atoms with Gasteiger partial charge in [0, 0.05) is 16.7 Å². The van der Waals surface area contributed by atoms with Crippen molar-refractivity contribution < 1.29 is 9.90 Å².